The van der Waals surface area contributed by atoms with Crippen LogP contribution in [0.25, 0.3) is 0 Å². The van der Waals surface area contributed by atoms with Gasteiger partial charge in [-0.15, -0.1) is 11.3 Å². The maximum Gasteiger partial charge on any atom is 0.348 e. The van der Waals surface area contributed by atoms with Gasteiger partial charge < -0.3 is 4.74 Å². The van der Waals surface area contributed by atoms with E-state index in [9.17, 15) is 4.79 Å². The van der Waals surface area contributed by atoms with E-state index in [1.807, 2.05) is 6.07 Å². The molecule has 1 aromatic rings. The lowest BCUT2D eigenvalue weighted by atomic mass is 9.71. The van der Waals surface area contributed by atoms with Crippen molar-refractivity contribution in [2.75, 3.05) is 7.11 Å². The molecule has 0 spiro atoms. The first-order valence-electron chi connectivity index (χ1n) is 6.80. The molecule has 0 N–H and O–H groups in total. The van der Waals surface area contributed by atoms with Gasteiger partial charge in [-0.3, -0.25) is 0 Å². The lowest BCUT2D eigenvalue weighted by Gasteiger charge is -2.34. The zero-order chi connectivity index (χ0) is 14.0. The van der Waals surface area contributed by atoms with E-state index in [1.165, 1.54) is 36.8 Å². The summed E-state index contributed by atoms with van der Waals surface area (Å²) >= 11 is 1.55. The van der Waals surface area contributed by atoms with Crippen LogP contribution in [0.2, 0.25) is 0 Å². The first kappa shape index (κ1) is 14.3. The van der Waals surface area contributed by atoms with E-state index in [0.29, 0.717) is 4.88 Å². The average molecular weight is 278 g/mol. The minimum absolute atomic E-state index is 0.232. The van der Waals surface area contributed by atoms with E-state index >= 15 is 0 Å². The van der Waals surface area contributed by atoms with Crippen LogP contribution < -0.4 is 0 Å². The molecule has 2 rings (SSSR count). The van der Waals surface area contributed by atoms with E-state index in [2.05, 4.69) is 26.8 Å². The van der Waals surface area contributed by atoms with Crippen LogP contribution in [0.3, 0.4) is 0 Å². The largest absolute Gasteiger partial charge is 0.465 e. The Morgan fingerprint density at radius 1 is 1.42 bits per heavy atom. The number of methoxy groups -OCH3 is 1. The first-order valence-corrected chi connectivity index (χ1v) is 7.62. The van der Waals surface area contributed by atoms with Crippen LogP contribution in [0, 0.1) is 5.41 Å². The third-order valence-electron chi connectivity index (χ3n) is 4.08. The molecule has 3 heteroatoms. The molecular formula is C16H22O2S. The molecule has 0 radical (unpaired) electrons. The Balaban J connectivity index is 2.21. The Hall–Kier alpha value is -1.09. The predicted octanol–water partition coefficient (Wildman–Crippen LogP) is 4.60. The molecule has 104 valence electrons. The van der Waals surface area contributed by atoms with Gasteiger partial charge in [-0.25, -0.2) is 4.79 Å². The summed E-state index contributed by atoms with van der Waals surface area (Å²) in [7, 11) is 1.43. The smallest absolute Gasteiger partial charge is 0.348 e. The summed E-state index contributed by atoms with van der Waals surface area (Å²) in [6, 6.07) is 3.93. The third kappa shape index (κ3) is 3.08. The summed E-state index contributed by atoms with van der Waals surface area (Å²) in [5.74, 6) is -0.232. The van der Waals surface area contributed by atoms with E-state index in [-0.39, 0.29) is 11.4 Å². The minimum Gasteiger partial charge on any atom is -0.465 e. The molecule has 0 aliphatic heterocycles. The summed E-state index contributed by atoms with van der Waals surface area (Å²) in [4.78, 5) is 13.4. The average Bonchev–Trinajstić information content (AvgIpc) is 2.81. The zero-order valence-corrected chi connectivity index (χ0v) is 13.0. The Morgan fingerprint density at radius 2 is 2.16 bits per heavy atom. The number of rotatable bonds is 3. The second-order valence-corrected chi connectivity index (χ2v) is 7.10. The van der Waals surface area contributed by atoms with Crippen molar-refractivity contribution in [3.05, 3.63) is 33.0 Å². The molecule has 0 aromatic carbocycles. The molecule has 0 saturated heterocycles. The zero-order valence-electron chi connectivity index (χ0n) is 12.2. The molecule has 0 saturated carbocycles. The topological polar surface area (TPSA) is 26.3 Å². The molecule has 0 atom stereocenters. The highest BCUT2D eigenvalue weighted by Gasteiger charge is 2.28. The Morgan fingerprint density at radius 3 is 2.79 bits per heavy atom. The fourth-order valence-corrected chi connectivity index (χ4v) is 3.86. The number of carbonyl (C=O) groups excluding carboxylic acids is 1. The summed E-state index contributed by atoms with van der Waals surface area (Å²) in [5.41, 5.74) is 3.37. The van der Waals surface area contributed by atoms with Crippen LogP contribution in [0.4, 0.5) is 0 Å². The van der Waals surface area contributed by atoms with Crippen LogP contribution in [0.5, 0.6) is 0 Å². The van der Waals surface area contributed by atoms with Crippen molar-refractivity contribution in [2.24, 2.45) is 5.41 Å². The van der Waals surface area contributed by atoms with Gasteiger partial charge >= 0.3 is 5.97 Å². The van der Waals surface area contributed by atoms with Gasteiger partial charge in [-0.05, 0) is 43.7 Å². The summed E-state index contributed by atoms with van der Waals surface area (Å²) < 4.78 is 4.76. The van der Waals surface area contributed by atoms with Crippen molar-refractivity contribution in [3.8, 4) is 0 Å². The lowest BCUT2D eigenvalue weighted by molar-refractivity contribution is 0.0606. The highest BCUT2D eigenvalue weighted by Crippen LogP contribution is 2.42. The fourth-order valence-electron chi connectivity index (χ4n) is 2.92. The summed E-state index contributed by atoms with van der Waals surface area (Å²) in [6.07, 6.45) is 4.74. The number of hydrogen-bond acceptors (Lipinski definition) is 3. The highest BCUT2D eigenvalue weighted by atomic mass is 32.1. The van der Waals surface area contributed by atoms with E-state index in [4.69, 9.17) is 4.74 Å². The fraction of sp³-hybridized carbons (Fsp3) is 0.562. The normalized spacial score (nSPS) is 18.5. The molecule has 0 amide bonds. The highest BCUT2D eigenvalue weighted by molar-refractivity contribution is 7.13. The summed E-state index contributed by atoms with van der Waals surface area (Å²) in [6.45, 7) is 6.92. The molecule has 0 unspecified atom stereocenters. The second-order valence-electron chi connectivity index (χ2n) is 5.93. The monoisotopic (exact) mass is 278 g/mol. The van der Waals surface area contributed by atoms with Gasteiger partial charge in [0, 0.05) is 11.3 Å². The predicted molar refractivity (Wildman–Crippen MR) is 79.7 cm³/mol. The van der Waals surface area contributed by atoms with Crippen LogP contribution in [-0.4, -0.2) is 13.1 Å². The van der Waals surface area contributed by atoms with Gasteiger partial charge in [0.15, 0.2) is 0 Å². The molecule has 1 aromatic heterocycles. The number of allylic oxidation sites excluding steroid dienone is 2. The molecular weight excluding hydrogens is 256 g/mol. The molecule has 0 bridgehead atoms. The van der Waals surface area contributed by atoms with Crippen LogP contribution in [0.1, 0.15) is 54.6 Å². The van der Waals surface area contributed by atoms with Crippen molar-refractivity contribution in [2.45, 2.75) is 46.5 Å². The standard InChI is InChI=1S/C16H22O2S/c1-11-6-5-9-16(2,3)13(11)10-12-7-8-14(19-12)15(17)18-4/h7-8H,5-6,9-10H2,1-4H3. The Bertz CT molecular complexity index is 509. The Kier molecular flexibility index (Phi) is 4.14. The second kappa shape index (κ2) is 5.49. The molecule has 0 fully saturated rings. The van der Waals surface area contributed by atoms with Crippen LogP contribution in [0.15, 0.2) is 23.3 Å². The SMILES string of the molecule is COC(=O)c1ccc(CC2=C(C)CCCC2(C)C)s1. The molecule has 1 heterocycles. The minimum atomic E-state index is -0.232. The molecule has 1 aliphatic carbocycles. The van der Waals surface area contributed by atoms with Crippen molar-refractivity contribution in [1.29, 1.82) is 0 Å². The van der Waals surface area contributed by atoms with Crippen LogP contribution in [-0.2, 0) is 11.2 Å². The van der Waals surface area contributed by atoms with Crippen molar-refractivity contribution in [1.82, 2.24) is 0 Å². The van der Waals surface area contributed by atoms with Gasteiger partial charge in [0.05, 0.1) is 7.11 Å². The third-order valence-corrected chi connectivity index (χ3v) is 5.15. The molecule has 1 aliphatic rings. The maximum atomic E-state index is 11.5. The van der Waals surface area contributed by atoms with Crippen molar-refractivity contribution >= 4 is 17.3 Å². The van der Waals surface area contributed by atoms with Gasteiger partial charge in [-0.1, -0.05) is 25.0 Å². The quantitative estimate of drug-likeness (QED) is 0.596. The number of thiophene rings is 1. The number of hydrogen-bond donors (Lipinski definition) is 0. The molecule has 19 heavy (non-hydrogen) atoms. The van der Waals surface area contributed by atoms with Gasteiger partial charge in [-0.2, -0.15) is 0 Å². The van der Waals surface area contributed by atoms with Gasteiger partial charge in [0.2, 0.25) is 0 Å². The van der Waals surface area contributed by atoms with Gasteiger partial charge in [0.1, 0.15) is 4.88 Å². The van der Waals surface area contributed by atoms with Crippen molar-refractivity contribution < 1.29 is 9.53 Å². The van der Waals surface area contributed by atoms with E-state index in [1.54, 1.807) is 16.9 Å². The molecule has 2 nitrogen and oxygen atoms in total. The summed E-state index contributed by atoms with van der Waals surface area (Å²) in [5, 5.41) is 0. The van der Waals surface area contributed by atoms with Gasteiger partial charge in [0.25, 0.3) is 0 Å². The lowest BCUT2D eigenvalue weighted by Crippen LogP contribution is -2.21. The number of esters is 1. The van der Waals surface area contributed by atoms with E-state index < -0.39 is 0 Å². The van der Waals surface area contributed by atoms with E-state index in [0.717, 1.165) is 6.42 Å². The van der Waals surface area contributed by atoms with Crippen LogP contribution >= 0.6 is 11.3 Å². The first-order chi connectivity index (χ1) is 8.94. The van der Waals surface area contributed by atoms with Crippen molar-refractivity contribution in [3.63, 3.8) is 0 Å². The number of carbonyl (C=O) groups is 1. The maximum absolute atomic E-state index is 11.5. The Labute approximate surface area is 119 Å². The number of ether oxygens (including phenoxy) is 1.